The molecule has 2 atom stereocenters. The summed E-state index contributed by atoms with van der Waals surface area (Å²) in [6, 6.07) is 0. The predicted octanol–water partition coefficient (Wildman–Crippen LogP) is 0.392. The molecule has 0 aromatic carbocycles. The summed E-state index contributed by atoms with van der Waals surface area (Å²) < 4.78 is 0. The lowest BCUT2D eigenvalue weighted by Crippen LogP contribution is -2.45. The van der Waals surface area contributed by atoms with E-state index in [4.69, 9.17) is 0 Å². The normalized spacial score (nSPS) is 23.2. The molecule has 8 heteroatoms. The third-order valence-corrected chi connectivity index (χ3v) is 4.68. The number of carbonyl (C=O) groups excluding carboxylic acids is 2. The topological polar surface area (TPSA) is 92.2 Å². The van der Waals surface area contributed by atoms with Crippen molar-refractivity contribution in [1.82, 2.24) is 24.8 Å². The summed E-state index contributed by atoms with van der Waals surface area (Å²) in [6.07, 6.45) is 10.1. The molecule has 2 aliphatic heterocycles. The van der Waals surface area contributed by atoms with Gasteiger partial charge in [0.15, 0.2) is 0 Å². The summed E-state index contributed by atoms with van der Waals surface area (Å²) in [4.78, 5) is 44.7. The number of carbonyl (C=O) groups is 2. The van der Waals surface area contributed by atoms with Crippen LogP contribution in [0.5, 0.6) is 0 Å². The number of amides is 2. The number of aromatic nitrogens is 4. The van der Waals surface area contributed by atoms with Crippen molar-refractivity contribution in [3.8, 4) is 0 Å². The smallest absolute Gasteiger partial charge is 0.274 e. The number of likely N-dealkylation sites (tertiary alicyclic amines) is 1. The highest BCUT2D eigenvalue weighted by atomic mass is 16.2. The van der Waals surface area contributed by atoms with Crippen LogP contribution in [0.4, 0.5) is 5.69 Å². The first kappa shape index (κ1) is 14.7. The first-order valence-electron chi connectivity index (χ1n) is 7.85. The minimum atomic E-state index is -0.181. The highest BCUT2D eigenvalue weighted by Gasteiger charge is 2.44. The van der Waals surface area contributed by atoms with Gasteiger partial charge in [-0.2, -0.15) is 0 Å². The zero-order valence-electron chi connectivity index (χ0n) is 12.9. The molecule has 122 valence electrons. The van der Waals surface area contributed by atoms with E-state index in [9.17, 15) is 9.59 Å². The summed E-state index contributed by atoms with van der Waals surface area (Å²) >= 11 is 0. The van der Waals surface area contributed by atoms with Gasteiger partial charge in [-0.15, -0.1) is 0 Å². The molecule has 0 spiro atoms. The molecule has 2 saturated heterocycles. The Morgan fingerprint density at radius 3 is 2.67 bits per heavy atom. The second-order valence-electron chi connectivity index (χ2n) is 6.04. The van der Waals surface area contributed by atoms with Gasteiger partial charge < -0.3 is 9.80 Å². The van der Waals surface area contributed by atoms with Crippen LogP contribution in [-0.2, 0) is 4.79 Å². The molecule has 0 saturated carbocycles. The van der Waals surface area contributed by atoms with Crippen LogP contribution in [0.25, 0.3) is 0 Å². The van der Waals surface area contributed by atoms with Gasteiger partial charge in [-0.1, -0.05) is 0 Å². The quantitative estimate of drug-likeness (QED) is 0.793. The summed E-state index contributed by atoms with van der Waals surface area (Å²) in [7, 11) is 0. The molecule has 2 aliphatic rings. The lowest BCUT2D eigenvalue weighted by molar-refractivity contribution is -0.124. The monoisotopic (exact) mass is 324 g/mol. The first-order valence-corrected chi connectivity index (χ1v) is 7.85. The number of piperidine rings is 1. The maximum atomic E-state index is 12.8. The van der Waals surface area contributed by atoms with Gasteiger partial charge in [-0.05, 0) is 12.3 Å². The lowest BCUT2D eigenvalue weighted by Gasteiger charge is -2.33. The van der Waals surface area contributed by atoms with E-state index in [1.807, 2.05) is 0 Å². The number of nitrogens with zero attached hydrogens (tertiary/aromatic N) is 6. The largest absolute Gasteiger partial charge is 0.336 e. The van der Waals surface area contributed by atoms with Crippen molar-refractivity contribution in [1.29, 1.82) is 0 Å². The van der Waals surface area contributed by atoms with E-state index >= 15 is 0 Å². The van der Waals surface area contributed by atoms with E-state index in [2.05, 4.69) is 19.9 Å². The third kappa shape index (κ3) is 2.49. The average Bonchev–Trinajstić information content (AvgIpc) is 3.08. The maximum Gasteiger partial charge on any atom is 0.274 e. The number of hydrogen-bond acceptors (Lipinski definition) is 6. The van der Waals surface area contributed by atoms with Crippen LogP contribution in [0, 0.1) is 11.8 Å². The van der Waals surface area contributed by atoms with Gasteiger partial charge in [-0.25, -0.2) is 15.0 Å². The Morgan fingerprint density at radius 1 is 1.08 bits per heavy atom. The Labute approximate surface area is 138 Å². The highest BCUT2D eigenvalue weighted by Crippen LogP contribution is 2.34. The fourth-order valence-electron chi connectivity index (χ4n) is 3.47. The molecule has 2 amide bonds. The molecule has 2 aromatic heterocycles. The van der Waals surface area contributed by atoms with Crippen molar-refractivity contribution in [2.45, 2.75) is 6.42 Å². The Hall–Kier alpha value is -2.90. The number of hydrogen-bond donors (Lipinski definition) is 0. The van der Waals surface area contributed by atoms with Gasteiger partial charge in [0.2, 0.25) is 5.91 Å². The van der Waals surface area contributed by atoms with E-state index in [-0.39, 0.29) is 23.7 Å². The van der Waals surface area contributed by atoms with Crippen molar-refractivity contribution < 1.29 is 9.59 Å². The van der Waals surface area contributed by atoms with Crippen molar-refractivity contribution >= 4 is 17.5 Å². The zero-order chi connectivity index (χ0) is 16.5. The Morgan fingerprint density at radius 2 is 1.92 bits per heavy atom. The molecule has 0 N–H and O–H groups in total. The van der Waals surface area contributed by atoms with Gasteiger partial charge >= 0.3 is 0 Å². The van der Waals surface area contributed by atoms with E-state index in [1.165, 1.54) is 24.9 Å². The third-order valence-electron chi connectivity index (χ3n) is 4.68. The minimum Gasteiger partial charge on any atom is -0.336 e. The second kappa shape index (κ2) is 5.95. The molecule has 2 aromatic rings. The van der Waals surface area contributed by atoms with Crippen LogP contribution in [0.2, 0.25) is 0 Å². The van der Waals surface area contributed by atoms with Crippen molar-refractivity contribution in [2.24, 2.45) is 11.8 Å². The number of fused-ring (bicyclic) bond motifs is 1. The molecule has 2 fully saturated rings. The Bertz CT molecular complexity index is 754. The first-order chi connectivity index (χ1) is 11.7. The van der Waals surface area contributed by atoms with E-state index in [0.717, 1.165) is 6.42 Å². The highest BCUT2D eigenvalue weighted by molar-refractivity contribution is 5.98. The van der Waals surface area contributed by atoms with Crippen LogP contribution < -0.4 is 4.90 Å². The molecule has 24 heavy (non-hydrogen) atoms. The molecule has 0 radical (unpaired) electrons. The van der Waals surface area contributed by atoms with Crippen molar-refractivity contribution in [2.75, 3.05) is 24.5 Å². The molecular formula is C16H16N6O2. The van der Waals surface area contributed by atoms with E-state index in [0.29, 0.717) is 31.0 Å². The van der Waals surface area contributed by atoms with Crippen LogP contribution >= 0.6 is 0 Å². The Balaban J connectivity index is 1.51. The molecule has 0 aliphatic carbocycles. The average molecular weight is 324 g/mol. The lowest BCUT2D eigenvalue weighted by atomic mass is 9.88. The molecule has 0 bridgehead atoms. The van der Waals surface area contributed by atoms with Gasteiger partial charge in [-0.3, -0.25) is 14.6 Å². The number of anilines is 1. The molecule has 4 rings (SSSR count). The minimum absolute atomic E-state index is 0.0375. The summed E-state index contributed by atoms with van der Waals surface area (Å²) in [6.45, 7) is 1.63. The fraction of sp³-hybridized carbons (Fsp3) is 0.375. The van der Waals surface area contributed by atoms with Gasteiger partial charge in [0.1, 0.15) is 12.0 Å². The molecule has 0 unspecified atom stereocenters. The Kier molecular flexibility index (Phi) is 3.64. The van der Waals surface area contributed by atoms with Gasteiger partial charge in [0.05, 0.1) is 30.2 Å². The zero-order valence-corrected chi connectivity index (χ0v) is 12.9. The summed E-state index contributed by atoms with van der Waals surface area (Å²) in [5.41, 5.74) is 1.02. The van der Waals surface area contributed by atoms with Crippen LogP contribution in [0.15, 0.2) is 37.3 Å². The second-order valence-corrected chi connectivity index (χ2v) is 6.04. The summed E-state index contributed by atoms with van der Waals surface area (Å²) in [5.74, 6) is -0.117. The van der Waals surface area contributed by atoms with E-state index in [1.54, 1.807) is 22.2 Å². The molecular weight excluding hydrogens is 308 g/mol. The SMILES string of the molecule is O=C(c1cnccn1)N1C[C@H]2CCN(c3cncnc3)C(=O)[C@H]2C1. The number of rotatable bonds is 2. The van der Waals surface area contributed by atoms with E-state index < -0.39 is 0 Å². The fourth-order valence-corrected chi connectivity index (χ4v) is 3.47. The maximum absolute atomic E-state index is 12.8. The van der Waals surface area contributed by atoms with Crippen LogP contribution in [-0.4, -0.2) is 56.3 Å². The predicted molar refractivity (Wildman–Crippen MR) is 83.9 cm³/mol. The van der Waals surface area contributed by atoms with Crippen molar-refractivity contribution in [3.05, 3.63) is 43.0 Å². The summed E-state index contributed by atoms with van der Waals surface area (Å²) in [5, 5.41) is 0. The van der Waals surface area contributed by atoms with Crippen molar-refractivity contribution in [3.63, 3.8) is 0 Å². The van der Waals surface area contributed by atoms with Crippen LogP contribution in [0.1, 0.15) is 16.9 Å². The van der Waals surface area contributed by atoms with Crippen LogP contribution in [0.3, 0.4) is 0 Å². The van der Waals surface area contributed by atoms with Gasteiger partial charge in [0, 0.05) is 32.0 Å². The molecule has 8 nitrogen and oxygen atoms in total. The molecule has 4 heterocycles. The van der Waals surface area contributed by atoms with Gasteiger partial charge in [0.25, 0.3) is 5.91 Å². The standard InChI is InChI=1S/C16H16N6O2/c23-15-13-9-21(16(24)14-7-17-2-3-20-14)8-11(13)1-4-22(15)12-5-18-10-19-6-12/h2-3,5-7,10-11,13H,1,4,8-9H2/t11-,13+/m1/s1.